The summed E-state index contributed by atoms with van der Waals surface area (Å²) in [6.45, 7) is 8.31. The van der Waals surface area contributed by atoms with Gasteiger partial charge in [-0.15, -0.1) is 0 Å². The maximum Gasteiger partial charge on any atom is 0.246 e. The predicted octanol–water partition coefficient (Wildman–Crippen LogP) is 2.08. The SMILES string of the molecule is C=CC(=O)N1CCCN(c2ncnc3[nH]cc(C4CCOCC4)c23)CC1. The summed E-state index contributed by atoms with van der Waals surface area (Å²) in [7, 11) is 0. The molecule has 2 fully saturated rings. The molecule has 0 radical (unpaired) electrons. The van der Waals surface area contributed by atoms with Gasteiger partial charge in [0.15, 0.2) is 0 Å². The van der Waals surface area contributed by atoms with Gasteiger partial charge in [-0.1, -0.05) is 6.58 Å². The summed E-state index contributed by atoms with van der Waals surface area (Å²) < 4.78 is 5.52. The molecule has 4 heterocycles. The number of nitrogens with one attached hydrogen (secondary N) is 1. The Balaban J connectivity index is 1.64. The third kappa shape index (κ3) is 3.19. The van der Waals surface area contributed by atoms with Gasteiger partial charge < -0.3 is 19.5 Å². The molecule has 2 aromatic rings. The monoisotopic (exact) mass is 355 g/mol. The lowest BCUT2D eigenvalue weighted by molar-refractivity contribution is -0.125. The Bertz CT molecular complexity index is 796. The lowest BCUT2D eigenvalue weighted by Crippen LogP contribution is -2.34. The summed E-state index contributed by atoms with van der Waals surface area (Å²) in [5.41, 5.74) is 2.18. The van der Waals surface area contributed by atoms with Gasteiger partial charge in [-0.25, -0.2) is 9.97 Å². The molecule has 0 unspecified atom stereocenters. The smallest absolute Gasteiger partial charge is 0.246 e. The molecule has 0 aliphatic carbocycles. The summed E-state index contributed by atoms with van der Waals surface area (Å²) in [5, 5.41) is 1.13. The van der Waals surface area contributed by atoms with Gasteiger partial charge in [-0.2, -0.15) is 0 Å². The van der Waals surface area contributed by atoms with Crippen molar-refractivity contribution in [3.8, 4) is 0 Å². The van der Waals surface area contributed by atoms with Crippen LogP contribution in [0.1, 0.15) is 30.7 Å². The Hall–Kier alpha value is -2.41. The average Bonchev–Trinajstić information content (AvgIpc) is 2.98. The fraction of sp³-hybridized carbons (Fsp3) is 0.526. The van der Waals surface area contributed by atoms with Crippen LogP contribution < -0.4 is 4.90 Å². The highest BCUT2D eigenvalue weighted by atomic mass is 16.5. The number of amides is 1. The Morgan fingerprint density at radius 1 is 1.23 bits per heavy atom. The summed E-state index contributed by atoms with van der Waals surface area (Å²) in [4.78, 5) is 28.5. The van der Waals surface area contributed by atoms with E-state index in [-0.39, 0.29) is 5.91 Å². The van der Waals surface area contributed by atoms with Gasteiger partial charge in [0.25, 0.3) is 0 Å². The molecular formula is C19H25N5O2. The van der Waals surface area contributed by atoms with Crippen LogP contribution in [0, 0.1) is 0 Å². The second-order valence-corrected chi connectivity index (χ2v) is 6.92. The fourth-order valence-corrected chi connectivity index (χ4v) is 4.02. The lowest BCUT2D eigenvalue weighted by Gasteiger charge is -2.25. The molecule has 2 aliphatic heterocycles. The predicted molar refractivity (Wildman–Crippen MR) is 100 cm³/mol. The first-order valence-electron chi connectivity index (χ1n) is 9.34. The van der Waals surface area contributed by atoms with Crippen LogP contribution in [0.25, 0.3) is 11.0 Å². The Kier molecular flexibility index (Phi) is 4.88. The van der Waals surface area contributed by atoms with Gasteiger partial charge in [-0.05, 0) is 36.8 Å². The molecule has 7 nitrogen and oxygen atoms in total. The van der Waals surface area contributed by atoms with Crippen molar-refractivity contribution in [2.75, 3.05) is 44.3 Å². The van der Waals surface area contributed by atoms with Crippen LogP contribution in [0.4, 0.5) is 5.82 Å². The highest BCUT2D eigenvalue weighted by Crippen LogP contribution is 2.36. The van der Waals surface area contributed by atoms with Crippen LogP contribution in [0.3, 0.4) is 0 Å². The van der Waals surface area contributed by atoms with E-state index in [0.717, 1.165) is 69.0 Å². The number of hydrogen-bond acceptors (Lipinski definition) is 5. The lowest BCUT2D eigenvalue weighted by atomic mass is 9.92. The van der Waals surface area contributed by atoms with E-state index in [9.17, 15) is 4.79 Å². The molecule has 0 atom stereocenters. The number of carbonyl (C=O) groups excluding carboxylic acids is 1. The number of hydrogen-bond donors (Lipinski definition) is 1. The van der Waals surface area contributed by atoms with E-state index in [1.165, 1.54) is 11.6 Å². The number of ether oxygens (including phenoxy) is 1. The molecule has 2 aromatic heterocycles. The molecule has 7 heteroatoms. The Labute approximate surface area is 153 Å². The normalized spacial score (nSPS) is 19.5. The molecule has 1 N–H and O–H groups in total. The van der Waals surface area contributed by atoms with Crippen LogP contribution in [0.15, 0.2) is 25.2 Å². The van der Waals surface area contributed by atoms with Crippen molar-refractivity contribution in [2.45, 2.75) is 25.2 Å². The summed E-state index contributed by atoms with van der Waals surface area (Å²) in [6.07, 6.45) is 8.09. The molecule has 0 spiro atoms. The largest absolute Gasteiger partial charge is 0.381 e. The number of H-pyrrole nitrogens is 1. The zero-order valence-electron chi connectivity index (χ0n) is 15.0. The van der Waals surface area contributed by atoms with Crippen LogP contribution in [-0.4, -0.2) is 65.2 Å². The van der Waals surface area contributed by atoms with Crippen LogP contribution in [-0.2, 0) is 9.53 Å². The van der Waals surface area contributed by atoms with Crippen molar-refractivity contribution in [1.29, 1.82) is 0 Å². The molecule has 2 saturated heterocycles. The maximum atomic E-state index is 11.9. The van der Waals surface area contributed by atoms with Gasteiger partial charge in [0, 0.05) is 45.6 Å². The molecule has 26 heavy (non-hydrogen) atoms. The van der Waals surface area contributed by atoms with Gasteiger partial charge in [0.05, 0.1) is 5.39 Å². The summed E-state index contributed by atoms with van der Waals surface area (Å²) >= 11 is 0. The molecule has 0 bridgehead atoms. The van der Waals surface area contributed by atoms with E-state index in [1.807, 2.05) is 4.90 Å². The van der Waals surface area contributed by atoms with E-state index in [0.29, 0.717) is 12.5 Å². The summed E-state index contributed by atoms with van der Waals surface area (Å²) in [6, 6.07) is 0. The minimum absolute atomic E-state index is 0.00391. The first-order valence-corrected chi connectivity index (χ1v) is 9.34. The third-order valence-electron chi connectivity index (χ3n) is 5.42. The van der Waals surface area contributed by atoms with E-state index < -0.39 is 0 Å². The topological polar surface area (TPSA) is 74.4 Å². The van der Waals surface area contributed by atoms with E-state index in [2.05, 4.69) is 32.6 Å². The van der Waals surface area contributed by atoms with Gasteiger partial charge in [0.1, 0.15) is 17.8 Å². The highest BCUT2D eigenvalue weighted by Gasteiger charge is 2.25. The maximum absolute atomic E-state index is 11.9. The molecular weight excluding hydrogens is 330 g/mol. The van der Waals surface area contributed by atoms with Crippen LogP contribution in [0.2, 0.25) is 0 Å². The van der Waals surface area contributed by atoms with Crippen molar-refractivity contribution >= 4 is 22.8 Å². The van der Waals surface area contributed by atoms with Gasteiger partial charge in [0.2, 0.25) is 5.91 Å². The molecule has 1 amide bonds. The van der Waals surface area contributed by atoms with E-state index in [1.54, 1.807) is 6.33 Å². The quantitative estimate of drug-likeness (QED) is 0.853. The van der Waals surface area contributed by atoms with Gasteiger partial charge in [-0.3, -0.25) is 4.79 Å². The zero-order chi connectivity index (χ0) is 17.9. The molecule has 4 rings (SSSR count). The Morgan fingerprint density at radius 3 is 2.88 bits per heavy atom. The van der Waals surface area contributed by atoms with Crippen molar-refractivity contribution in [1.82, 2.24) is 19.9 Å². The fourth-order valence-electron chi connectivity index (χ4n) is 4.02. The van der Waals surface area contributed by atoms with Crippen molar-refractivity contribution in [2.24, 2.45) is 0 Å². The van der Waals surface area contributed by atoms with Crippen molar-refractivity contribution in [3.63, 3.8) is 0 Å². The zero-order valence-corrected chi connectivity index (χ0v) is 15.0. The molecule has 2 aliphatic rings. The second-order valence-electron chi connectivity index (χ2n) is 6.92. The van der Waals surface area contributed by atoms with Crippen molar-refractivity contribution < 1.29 is 9.53 Å². The first kappa shape index (κ1) is 17.0. The third-order valence-corrected chi connectivity index (χ3v) is 5.42. The highest BCUT2D eigenvalue weighted by molar-refractivity contribution is 5.91. The Morgan fingerprint density at radius 2 is 2.08 bits per heavy atom. The number of rotatable bonds is 3. The van der Waals surface area contributed by atoms with Crippen LogP contribution in [0.5, 0.6) is 0 Å². The number of nitrogens with zero attached hydrogens (tertiary/aromatic N) is 4. The van der Waals surface area contributed by atoms with Gasteiger partial charge >= 0.3 is 0 Å². The second kappa shape index (κ2) is 7.45. The standard InChI is InChI=1S/C19H25N5O2/c1-2-16(25)23-6-3-7-24(9-8-23)19-17-15(14-4-10-26-11-5-14)12-20-18(17)21-13-22-19/h2,12-14H,1,3-11H2,(H,20,21,22). The van der Waals surface area contributed by atoms with E-state index >= 15 is 0 Å². The number of carbonyl (C=O) groups is 1. The first-order chi connectivity index (χ1) is 12.8. The minimum atomic E-state index is 0.00391. The molecule has 138 valence electrons. The minimum Gasteiger partial charge on any atom is -0.381 e. The molecule has 0 saturated carbocycles. The average molecular weight is 355 g/mol. The number of anilines is 1. The number of aromatic nitrogens is 3. The number of aromatic amines is 1. The molecule has 0 aromatic carbocycles. The summed E-state index contributed by atoms with van der Waals surface area (Å²) in [5.74, 6) is 1.46. The van der Waals surface area contributed by atoms with Crippen LogP contribution >= 0.6 is 0 Å². The number of fused-ring (bicyclic) bond motifs is 1. The van der Waals surface area contributed by atoms with Crippen molar-refractivity contribution in [3.05, 3.63) is 30.7 Å². The van der Waals surface area contributed by atoms with E-state index in [4.69, 9.17) is 4.74 Å².